The molecule has 1 heterocycles. The number of halogens is 1. The van der Waals surface area contributed by atoms with Crippen molar-refractivity contribution in [3.63, 3.8) is 0 Å². The van der Waals surface area contributed by atoms with Crippen molar-refractivity contribution in [1.29, 1.82) is 0 Å². The van der Waals surface area contributed by atoms with E-state index in [9.17, 15) is 4.79 Å². The Morgan fingerprint density at radius 3 is 2.52 bits per heavy atom. The van der Waals surface area contributed by atoms with Gasteiger partial charge in [-0.15, -0.1) is 0 Å². The van der Waals surface area contributed by atoms with Gasteiger partial charge >= 0.3 is 0 Å². The molecule has 3 nitrogen and oxygen atoms in total. The number of carbonyl (C=O) groups excluding carboxylic acids is 1. The van der Waals surface area contributed by atoms with Crippen LogP contribution in [0.2, 0.25) is 5.02 Å². The van der Waals surface area contributed by atoms with Crippen LogP contribution in [-0.4, -0.2) is 29.9 Å². The van der Waals surface area contributed by atoms with Crippen LogP contribution in [0.25, 0.3) is 0 Å². The number of carbonyl (C=O) groups is 1. The molecule has 0 aromatic heterocycles. The number of hydrogen-bond acceptors (Lipinski definition) is 2. The zero-order valence-corrected chi connectivity index (χ0v) is 19.8. The Morgan fingerprint density at radius 1 is 1.06 bits per heavy atom. The van der Waals surface area contributed by atoms with Gasteiger partial charge in [0.15, 0.2) is 0 Å². The van der Waals surface area contributed by atoms with Crippen LogP contribution in [0, 0.1) is 18.3 Å². The summed E-state index contributed by atoms with van der Waals surface area (Å²) in [5.41, 5.74) is 3.75. The predicted octanol–water partition coefficient (Wildman–Crippen LogP) is 6.66. The molecule has 31 heavy (non-hydrogen) atoms. The van der Waals surface area contributed by atoms with Crippen LogP contribution < -0.4 is 5.32 Å². The molecule has 1 unspecified atom stereocenters. The van der Waals surface area contributed by atoms with E-state index in [1.165, 1.54) is 17.5 Å². The number of nitrogens with one attached hydrogen (secondary N) is 1. The third-order valence-electron chi connectivity index (χ3n) is 7.27. The zero-order chi connectivity index (χ0) is 22.0. The van der Waals surface area contributed by atoms with Crippen LogP contribution in [0.4, 0.5) is 5.69 Å². The molecule has 4 heteroatoms. The highest BCUT2D eigenvalue weighted by molar-refractivity contribution is 6.30. The molecular weight excluding hydrogens is 404 g/mol. The van der Waals surface area contributed by atoms with E-state index in [0.29, 0.717) is 11.8 Å². The van der Waals surface area contributed by atoms with E-state index < -0.39 is 0 Å². The molecule has 3 atom stereocenters. The van der Waals surface area contributed by atoms with E-state index >= 15 is 0 Å². The van der Waals surface area contributed by atoms with Gasteiger partial charge in [-0.05, 0) is 72.9 Å². The zero-order valence-electron chi connectivity index (χ0n) is 19.0. The van der Waals surface area contributed by atoms with Crippen molar-refractivity contribution in [2.75, 3.05) is 18.4 Å². The maximum absolute atomic E-state index is 13.7. The van der Waals surface area contributed by atoms with Crippen molar-refractivity contribution in [3.8, 4) is 0 Å². The van der Waals surface area contributed by atoms with Crippen molar-refractivity contribution in [2.45, 2.75) is 64.8 Å². The standard InChI is InChI=1S/C27H35ClN2O/c1-19-7-6-8-22(17-19)29-25-10-5-4-9-23(25)26(31)30-16-15-24(27(2,3)18-30)20-11-13-21(28)14-12-20/h6-8,11-14,17,23-25,29H,4-5,9-10,15-16,18H2,1-3H3/t23-,24?,25+/m0/s1. The third kappa shape index (κ3) is 5.09. The monoisotopic (exact) mass is 438 g/mol. The Balaban J connectivity index is 1.46. The normalized spacial score (nSPS) is 25.8. The van der Waals surface area contributed by atoms with Crippen molar-refractivity contribution in [2.24, 2.45) is 11.3 Å². The van der Waals surface area contributed by atoms with Crippen LogP contribution in [0.15, 0.2) is 48.5 Å². The quantitative estimate of drug-likeness (QED) is 0.578. The average Bonchev–Trinajstić information content (AvgIpc) is 2.74. The molecule has 1 aliphatic heterocycles. The molecule has 0 spiro atoms. The molecule has 0 bridgehead atoms. The van der Waals surface area contributed by atoms with Gasteiger partial charge in [-0.3, -0.25) is 4.79 Å². The topological polar surface area (TPSA) is 32.3 Å². The smallest absolute Gasteiger partial charge is 0.227 e. The largest absolute Gasteiger partial charge is 0.382 e. The number of piperidine rings is 1. The first kappa shape index (κ1) is 22.2. The van der Waals surface area contributed by atoms with Crippen molar-refractivity contribution >= 4 is 23.2 Å². The molecule has 166 valence electrons. The fourth-order valence-electron chi connectivity index (χ4n) is 5.64. The lowest BCUT2D eigenvalue weighted by Crippen LogP contribution is -2.52. The minimum absolute atomic E-state index is 0.0376. The first-order valence-corrected chi connectivity index (χ1v) is 12.1. The fraction of sp³-hybridized carbons (Fsp3) is 0.519. The van der Waals surface area contributed by atoms with Gasteiger partial charge in [0.25, 0.3) is 0 Å². The predicted molar refractivity (Wildman–Crippen MR) is 130 cm³/mol. The number of hydrogen-bond donors (Lipinski definition) is 1. The Hall–Kier alpha value is -2.00. The molecule has 2 aliphatic rings. The van der Waals surface area contributed by atoms with Gasteiger partial charge in [-0.1, -0.05) is 62.6 Å². The number of anilines is 1. The van der Waals surface area contributed by atoms with Crippen LogP contribution >= 0.6 is 11.6 Å². The van der Waals surface area contributed by atoms with E-state index in [-0.39, 0.29) is 17.4 Å². The Bertz CT molecular complexity index is 908. The number of benzene rings is 2. The lowest BCUT2D eigenvalue weighted by molar-refractivity contribution is -0.140. The summed E-state index contributed by atoms with van der Waals surface area (Å²) in [6.07, 6.45) is 5.39. The Kier molecular flexibility index (Phi) is 6.62. The maximum atomic E-state index is 13.7. The third-order valence-corrected chi connectivity index (χ3v) is 7.52. The minimum atomic E-state index is 0.0376. The lowest BCUT2D eigenvalue weighted by atomic mass is 9.70. The summed E-state index contributed by atoms with van der Waals surface area (Å²) >= 11 is 6.09. The molecule has 1 aliphatic carbocycles. The highest BCUT2D eigenvalue weighted by atomic mass is 35.5. The fourth-order valence-corrected chi connectivity index (χ4v) is 5.77. The first-order chi connectivity index (χ1) is 14.8. The molecule has 1 saturated carbocycles. The van der Waals surface area contributed by atoms with Crippen LogP contribution in [0.1, 0.15) is 63.0 Å². The molecular formula is C27H35ClN2O. The number of aryl methyl sites for hydroxylation is 1. The van der Waals surface area contributed by atoms with E-state index in [0.717, 1.165) is 49.5 Å². The Morgan fingerprint density at radius 2 is 1.81 bits per heavy atom. The molecule has 1 amide bonds. The molecule has 1 saturated heterocycles. The van der Waals surface area contributed by atoms with Gasteiger partial charge in [0, 0.05) is 29.8 Å². The van der Waals surface area contributed by atoms with E-state index in [4.69, 9.17) is 11.6 Å². The molecule has 4 rings (SSSR count). The average molecular weight is 439 g/mol. The van der Waals surface area contributed by atoms with Crippen molar-refractivity contribution in [3.05, 3.63) is 64.7 Å². The van der Waals surface area contributed by atoms with Gasteiger partial charge in [-0.25, -0.2) is 0 Å². The van der Waals surface area contributed by atoms with Crippen LogP contribution in [0.5, 0.6) is 0 Å². The lowest BCUT2D eigenvalue weighted by Gasteiger charge is -2.46. The second kappa shape index (κ2) is 9.24. The van der Waals surface area contributed by atoms with Gasteiger partial charge in [-0.2, -0.15) is 0 Å². The molecule has 1 N–H and O–H groups in total. The van der Waals surface area contributed by atoms with Gasteiger partial charge in [0.2, 0.25) is 5.91 Å². The maximum Gasteiger partial charge on any atom is 0.227 e. The Labute approximate surface area is 192 Å². The molecule has 2 aromatic rings. The number of rotatable bonds is 4. The summed E-state index contributed by atoms with van der Waals surface area (Å²) in [6.45, 7) is 8.36. The van der Waals surface area contributed by atoms with Gasteiger partial charge < -0.3 is 10.2 Å². The summed E-state index contributed by atoms with van der Waals surface area (Å²) in [4.78, 5) is 15.8. The highest BCUT2D eigenvalue weighted by Crippen LogP contribution is 2.43. The summed E-state index contributed by atoms with van der Waals surface area (Å²) in [5, 5.41) is 4.47. The van der Waals surface area contributed by atoms with Crippen molar-refractivity contribution < 1.29 is 4.79 Å². The molecule has 2 fully saturated rings. The summed E-state index contributed by atoms with van der Waals surface area (Å²) in [7, 11) is 0. The van der Waals surface area contributed by atoms with Crippen LogP contribution in [-0.2, 0) is 4.79 Å². The number of likely N-dealkylation sites (tertiary alicyclic amines) is 1. The second-order valence-corrected chi connectivity index (χ2v) is 10.6. The molecule has 2 aromatic carbocycles. The van der Waals surface area contributed by atoms with E-state index in [2.05, 4.69) is 67.4 Å². The van der Waals surface area contributed by atoms with E-state index in [1.807, 2.05) is 12.1 Å². The summed E-state index contributed by atoms with van der Waals surface area (Å²) < 4.78 is 0. The second-order valence-electron chi connectivity index (χ2n) is 10.2. The molecule has 0 radical (unpaired) electrons. The number of nitrogens with zero attached hydrogens (tertiary/aromatic N) is 1. The van der Waals surface area contributed by atoms with Crippen LogP contribution in [0.3, 0.4) is 0 Å². The highest BCUT2D eigenvalue weighted by Gasteiger charge is 2.41. The van der Waals surface area contributed by atoms with Gasteiger partial charge in [0.05, 0.1) is 5.92 Å². The van der Waals surface area contributed by atoms with E-state index in [1.54, 1.807) is 0 Å². The SMILES string of the molecule is Cc1cccc(N[C@@H]2CCCC[C@@H]2C(=O)N2CCC(c3ccc(Cl)cc3)C(C)(C)C2)c1. The first-order valence-electron chi connectivity index (χ1n) is 11.7. The summed E-state index contributed by atoms with van der Waals surface area (Å²) in [5.74, 6) is 0.853. The van der Waals surface area contributed by atoms with Gasteiger partial charge in [0.1, 0.15) is 0 Å². The minimum Gasteiger partial charge on any atom is -0.382 e. The number of amides is 1. The summed E-state index contributed by atoms with van der Waals surface area (Å²) in [6, 6.07) is 17.0. The van der Waals surface area contributed by atoms with Crippen molar-refractivity contribution in [1.82, 2.24) is 4.90 Å².